The Labute approximate surface area is 206 Å². The van der Waals surface area contributed by atoms with Crippen LogP contribution < -0.4 is 10.6 Å². The molecule has 0 radical (unpaired) electrons. The summed E-state index contributed by atoms with van der Waals surface area (Å²) in [6, 6.07) is 11.7. The molecule has 5 aromatic rings. The van der Waals surface area contributed by atoms with Gasteiger partial charge in [0.05, 0.1) is 18.1 Å². The van der Waals surface area contributed by atoms with Crippen molar-refractivity contribution in [2.45, 2.75) is 19.1 Å². The third-order valence-corrected chi connectivity index (χ3v) is 5.75. The van der Waals surface area contributed by atoms with Crippen molar-refractivity contribution in [3.63, 3.8) is 0 Å². The van der Waals surface area contributed by atoms with Crippen molar-refractivity contribution in [1.82, 2.24) is 29.7 Å². The van der Waals surface area contributed by atoms with Crippen LogP contribution in [-0.2, 0) is 17.8 Å². The number of aromatic nitrogens is 5. The third kappa shape index (κ3) is 4.93. The van der Waals surface area contributed by atoms with Crippen LogP contribution in [0.3, 0.4) is 0 Å². The summed E-state index contributed by atoms with van der Waals surface area (Å²) >= 11 is 0. The lowest BCUT2D eigenvalue weighted by molar-refractivity contribution is -0.192. The van der Waals surface area contributed by atoms with Gasteiger partial charge >= 0.3 is 12.1 Å². The Morgan fingerprint density at radius 1 is 1.14 bits per heavy atom. The summed E-state index contributed by atoms with van der Waals surface area (Å²) in [5.74, 6) is -2.92. The molecule has 37 heavy (non-hydrogen) atoms. The van der Waals surface area contributed by atoms with E-state index in [-0.39, 0.29) is 5.69 Å². The lowest BCUT2D eigenvalue weighted by atomic mass is 10.1. The van der Waals surface area contributed by atoms with Crippen LogP contribution in [0, 0.1) is 5.82 Å². The van der Waals surface area contributed by atoms with Crippen molar-refractivity contribution in [3.8, 4) is 11.4 Å². The maximum Gasteiger partial charge on any atom is 0.490 e. The second-order valence-electron chi connectivity index (χ2n) is 8.16. The van der Waals surface area contributed by atoms with E-state index in [1.54, 1.807) is 10.6 Å². The first-order valence-corrected chi connectivity index (χ1v) is 11.1. The fraction of sp³-hybridized carbons (Fsp3) is 0.167. The van der Waals surface area contributed by atoms with E-state index in [4.69, 9.17) is 9.90 Å². The lowest BCUT2D eigenvalue weighted by Gasteiger charge is -2.12. The van der Waals surface area contributed by atoms with Crippen LogP contribution in [0.4, 0.5) is 29.2 Å². The number of alkyl halides is 3. The van der Waals surface area contributed by atoms with Crippen molar-refractivity contribution < 1.29 is 27.5 Å². The number of aliphatic carboxylic acids is 1. The number of hydrogen-bond acceptors (Lipinski definition) is 6. The Hall–Kier alpha value is -4.52. The van der Waals surface area contributed by atoms with Crippen molar-refractivity contribution in [1.29, 1.82) is 0 Å². The zero-order valence-corrected chi connectivity index (χ0v) is 19.0. The smallest absolute Gasteiger partial charge is 0.475 e. The molecule has 1 aliphatic heterocycles. The molecular formula is C24H19F4N7O2. The van der Waals surface area contributed by atoms with E-state index in [2.05, 4.69) is 36.6 Å². The van der Waals surface area contributed by atoms with Crippen molar-refractivity contribution >= 4 is 34.2 Å². The number of pyridine rings is 1. The Kier molecular flexibility index (Phi) is 6.21. The van der Waals surface area contributed by atoms with Crippen LogP contribution in [0.5, 0.6) is 0 Å². The molecule has 190 valence electrons. The number of H-pyrrole nitrogens is 1. The third-order valence-electron chi connectivity index (χ3n) is 5.75. The summed E-state index contributed by atoms with van der Waals surface area (Å²) in [6.45, 7) is 1.84. The fourth-order valence-electron chi connectivity index (χ4n) is 4.07. The highest BCUT2D eigenvalue weighted by molar-refractivity contribution is 5.88. The summed E-state index contributed by atoms with van der Waals surface area (Å²) in [4.78, 5) is 25.3. The Bertz CT molecular complexity index is 1610. The van der Waals surface area contributed by atoms with Crippen molar-refractivity contribution in [2.24, 2.45) is 0 Å². The number of anilines is 2. The minimum absolute atomic E-state index is 0.204. The standard InChI is InChI=1S/C22H18FN7.C2HF3O2/c23-16-11-26-22(29-21(16)19-12-25-20-3-1-2-8-30(19)20)27-13-4-5-17-14(9-13)15-10-24-7-6-18(15)28-17;3-2(4,5)1(6)7/h1-5,8-9,11-12,24,28H,6-7,10H2,(H,26,27,29);(H,6,7). The van der Waals surface area contributed by atoms with Crippen molar-refractivity contribution in [3.05, 3.63) is 72.1 Å². The van der Waals surface area contributed by atoms with Gasteiger partial charge in [0.2, 0.25) is 5.95 Å². The minimum atomic E-state index is -5.08. The summed E-state index contributed by atoms with van der Waals surface area (Å²) in [5.41, 5.74) is 6.06. The van der Waals surface area contributed by atoms with Gasteiger partial charge < -0.3 is 20.7 Å². The van der Waals surface area contributed by atoms with Crippen LogP contribution >= 0.6 is 0 Å². The average molecular weight is 513 g/mol. The number of carbonyl (C=O) groups is 1. The number of carboxylic acid groups (broad SMARTS) is 1. The summed E-state index contributed by atoms with van der Waals surface area (Å²) in [5, 5.41) is 14.9. The van der Waals surface area contributed by atoms with E-state index in [1.165, 1.54) is 22.8 Å². The molecule has 0 saturated heterocycles. The highest BCUT2D eigenvalue weighted by atomic mass is 19.4. The lowest BCUT2D eigenvalue weighted by Crippen LogP contribution is -2.22. The molecule has 13 heteroatoms. The van der Waals surface area contributed by atoms with Crippen LogP contribution in [0.25, 0.3) is 27.9 Å². The minimum Gasteiger partial charge on any atom is -0.475 e. The van der Waals surface area contributed by atoms with Crippen molar-refractivity contribution in [2.75, 3.05) is 11.9 Å². The number of fused-ring (bicyclic) bond motifs is 4. The molecule has 0 atom stereocenters. The molecule has 4 aromatic heterocycles. The number of carboxylic acids is 1. The predicted molar refractivity (Wildman–Crippen MR) is 127 cm³/mol. The highest BCUT2D eigenvalue weighted by Crippen LogP contribution is 2.29. The quantitative estimate of drug-likeness (QED) is 0.264. The van der Waals surface area contributed by atoms with E-state index in [0.29, 0.717) is 11.6 Å². The van der Waals surface area contributed by atoms with Gasteiger partial charge in [-0.05, 0) is 35.9 Å². The molecule has 1 aromatic carbocycles. The summed E-state index contributed by atoms with van der Waals surface area (Å²) in [6.07, 6.45) is 0.559. The van der Waals surface area contributed by atoms with E-state index >= 15 is 0 Å². The van der Waals surface area contributed by atoms with Gasteiger partial charge in [-0.1, -0.05) is 6.07 Å². The van der Waals surface area contributed by atoms with Gasteiger partial charge in [-0.2, -0.15) is 13.2 Å². The van der Waals surface area contributed by atoms with Crippen LogP contribution in [0.15, 0.2) is 55.0 Å². The molecule has 4 N–H and O–H groups in total. The number of aromatic amines is 1. The number of benzene rings is 1. The van der Waals surface area contributed by atoms with Crippen LogP contribution in [0.2, 0.25) is 0 Å². The molecule has 0 aliphatic carbocycles. The molecule has 0 amide bonds. The molecule has 5 heterocycles. The largest absolute Gasteiger partial charge is 0.490 e. The molecule has 0 unspecified atom stereocenters. The van der Waals surface area contributed by atoms with Gasteiger partial charge in [0.1, 0.15) is 11.3 Å². The molecule has 0 spiro atoms. The maximum absolute atomic E-state index is 14.5. The molecule has 0 fully saturated rings. The number of nitrogens with zero attached hydrogens (tertiary/aromatic N) is 4. The number of imidazole rings is 1. The topological polar surface area (TPSA) is 120 Å². The fourth-order valence-corrected chi connectivity index (χ4v) is 4.07. The van der Waals surface area contributed by atoms with Crippen LogP contribution in [0.1, 0.15) is 11.3 Å². The number of nitrogens with one attached hydrogen (secondary N) is 3. The highest BCUT2D eigenvalue weighted by Gasteiger charge is 2.38. The van der Waals surface area contributed by atoms with Gasteiger partial charge in [-0.3, -0.25) is 4.40 Å². The Balaban J connectivity index is 0.000000355. The Morgan fingerprint density at radius 3 is 2.73 bits per heavy atom. The first-order valence-electron chi connectivity index (χ1n) is 11.1. The van der Waals surface area contributed by atoms with E-state index in [0.717, 1.165) is 36.4 Å². The number of rotatable bonds is 3. The average Bonchev–Trinajstić information content (AvgIpc) is 3.46. The monoisotopic (exact) mass is 513 g/mol. The van der Waals surface area contributed by atoms with E-state index < -0.39 is 18.0 Å². The van der Waals surface area contributed by atoms with Gasteiger partial charge in [-0.15, -0.1) is 0 Å². The number of halogens is 4. The van der Waals surface area contributed by atoms with Gasteiger partial charge in [0.25, 0.3) is 0 Å². The Morgan fingerprint density at radius 2 is 1.95 bits per heavy atom. The summed E-state index contributed by atoms with van der Waals surface area (Å²) in [7, 11) is 0. The second kappa shape index (κ2) is 9.50. The zero-order valence-electron chi connectivity index (χ0n) is 19.0. The van der Waals surface area contributed by atoms with Crippen LogP contribution in [-0.4, -0.2) is 48.1 Å². The predicted octanol–water partition coefficient (Wildman–Crippen LogP) is 4.43. The molecule has 9 nitrogen and oxygen atoms in total. The SMILES string of the molecule is Fc1cnc(Nc2ccc3[nH]c4c(c3c2)CNCC4)nc1-c1cnc2ccccn12.O=C(O)C(F)(F)F. The summed E-state index contributed by atoms with van der Waals surface area (Å²) < 4.78 is 48.1. The molecule has 6 rings (SSSR count). The van der Waals surface area contributed by atoms with E-state index in [9.17, 15) is 17.6 Å². The van der Waals surface area contributed by atoms with Gasteiger partial charge in [-0.25, -0.2) is 24.1 Å². The second-order valence-corrected chi connectivity index (χ2v) is 8.16. The normalized spacial score (nSPS) is 13.2. The van der Waals surface area contributed by atoms with E-state index in [1.807, 2.05) is 36.5 Å². The maximum atomic E-state index is 14.5. The molecular weight excluding hydrogens is 494 g/mol. The number of hydrogen-bond donors (Lipinski definition) is 4. The van der Waals surface area contributed by atoms with Gasteiger partial charge in [0.15, 0.2) is 5.82 Å². The first-order chi connectivity index (χ1) is 17.7. The zero-order chi connectivity index (χ0) is 26.2. The molecule has 1 aliphatic rings. The molecule has 0 saturated carbocycles. The molecule has 0 bridgehead atoms. The van der Waals surface area contributed by atoms with Gasteiger partial charge in [0, 0.05) is 48.0 Å². The first kappa shape index (κ1) is 24.2.